The van der Waals surface area contributed by atoms with E-state index in [-0.39, 0.29) is 10.8 Å². The minimum absolute atomic E-state index is 0.0483. The summed E-state index contributed by atoms with van der Waals surface area (Å²) in [7, 11) is -0.580. The Morgan fingerprint density at radius 3 is 2.83 bits per heavy atom. The third-order valence-corrected chi connectivity index (χ3v) is 1.91. The van der Waals surface area contributed by atoms with E-state index in [0.717, 1.165) is 0 Å². The number of benzene rings is 1. The maximum absolute atomic E-state index is 13.0. The number of hydrogen-bond donors (Lipinski definition) is 1. The van der Waals surface area contributed by atoms with E-state index in [4.69, 9.17) is 16.6 Å². The molecule has 1 aromatic rings. The van der Waals surface area contributed by atoms with Crippen LogP contribution in [-0.2, 0) is 0 Å². The molecule has 1 aromatic carbocycles. The van der Waals surface area contributed by atoms with Crippen molar-refractivity contribution in [2.45, 2.75) is 0 Å². The monoisotopic (exact) mass is 252 g/mol. The minimum atomic E-state index is -0.672. The first-order valence-electron chi connectivity index (χ1n) is 3.03. The van der Waals surface area contributed by atoms with E-state index in [0.29, 0.717) is 4.47 Å². The molecule has 1 N–H and O–H groups in total. The molecule has 0 heterocycles. The second-order valence-electron chi connectivity index (χ2n) is 1.97. The average Bonchev–Trinajstić information content (AvgIpc) is 2.00. The molecule has 0 spiro atoms. The van der Waals surface area contributed by atoms with Gasteiger partial charge in [0.05, 0.1) is 5.02 Å². The SMILES string of the molecule is OBOc1cc(Br)cc(Cl)c1F. The maximum Gasteiger partial charge on any atom is 0.504 e. The molecule has 0 fully saturated rings. The first kappa shape index (κ1) is 9.83. The Morgan fingerprint density at radius 2 is 2.25 bits per heavy atom. The molecule has 2 nitrogen and oxygen atoms in total. The summed E-state index contributed by atoms with van der Waals surface area (Å²) in [6.45, 7) is 0. The normalized spacial score (nSPS) is 9.67. The zero-order valence-electron chi connectivity index (χ0n) is 5.85. The van der Waals surface area contributed by atoms with Crippen LogP contribution in [0.2, 0.25) is 5.02 Å². The Morgan fingerprint density at radius 1 is 1.58 bits per heavy atom. The predicted octanol–water partition coefficient (Wildman–Crippen LogP) is 1.88. The maximum atomic E-state index is 13.0. The molecule has 64 valence electrons. The standard InChI is InChI=1S/C6H4BBrClFO2/c8-3-1-4(9)6(10)5(2-3)12-7-11/h1-2,7,11H. The van der Waals surface area contributed by atoms with Gasteiger partial charge in [0.25, 0.3) is 0 Å². The van der Waals surface area contributed by atoms with Crippen molar-refractivity contribution < 1.29 is 14.1 Å². The Balaban J connectivity index is 3.09. The van der Waals surface area contributed by atoms with Gasteiger partial charge < -0.3 is 9.68 Å². The van der Waals surface area contributed by atoms with Crippen LogP contribution in [0.4, 0.5) is 4.39 Å². The predicted molar refractivity (Wildman–Crippen MR) is 49.1 cm³/mol. The van der Waals surface area contributed by atoms with Gasteiger partial charge in [-0.1, -0.05) is 27.5 Å². The largest absolute Gasteiger partial charge is 0.537 e. The Labute approximate surface area is 82.7 Å². The van der Waals surface area contributed by atoms with E-state index in [1.807, 2.05) is 0 Å². The van der Waals surface area contributed by atoms with E-state index in [1.165, 1.54) is 12.1 Å². The third kappa shape index (κ3) is 2.12. The first-order valence-corrected chi connectivity index (χ1v) is 4.20. The van der Waals surface area contributed by atoms with Gasteiger partial charge in [0.15, 0.2) is 5.82 Å². The van der Waals surface area contributed by atoms with E-state index >= 15 is 0 Å². The van der Waals surface area contributed by atoms with E-state index < -0.39 is 13.5 Å². The van der Waals surface area contributed by atoms with Gasteiger partial charge in [0, 0.05) is 4.47 Å². The van der Waals surface area contributed by atoms with Crippen molar-refractivity contribution in [1.29, 1.82) is 0 Å². The molecule has 0 unspecified atom stereocenters. The smallest absolute Gasteiger partial charge is 0.504 e. The Bertz CT molecular complexity index is 297. The molecule has 0 saturated carbocycles. The van der Waals surface area contributed by atoms with Crippen LogP contribution < -0.4 is 4.65 Å². The van der Waals surface area contributed by atoms with Crippen LogP contribution in [0.5, 0.6) is 5.75 Å². The van der Waals surface area contributed by atoms with Crippen molar-refractivity contribution >= 4 is 35.2 Å². The summed E-state index contributed by atoms with van der Waals surface area (Å²) in [5.74, 6) is -0.745. The van der Waals surface area contributed by atoms with Gasteiger partial charge in [-0.3, -0.25) is 0 Å². The molecule has 0 radical (unpaired) electrons. The van der Waals surface area contributed by atoms with Gasteiger partial charge >= 0.3 is 7.69 Å². The lowest BCUT2D eigenvalue weighted by Crippen LogP contribution is -2.01. The van der Waals surface area contributed by atoms with Gasteiger partial charge in [-0.05, 0) is 12.1 Å². The lowest BCUT2D eigenvalue weighted by Gasteiger charge is -2.05. The molecule has 12 heavy (non-hydrogen) atoms. The molecule has 0 bridgehead atoms. The van der Waals surface area contributed by atoms with Crippen LogP contribution >= 0.6 is 27.5 Å². The van der Waals surface area contributed by atoms with Crippen molar-refractivity contribution in [3.63, 3.8) is 0 Å². The molecule has 6 heteroatoms. The van der Waals surface area contributed by atoms with E-state index in [2.05, 4.69) is 20.6 Å². The molecule has 0 aromatic heterocycles. The lowest BCUT2D eigenvalue weighted by molar-refractivity contribution is 0.431. The number of rotatable bonds is 2. The van der Waals surface area contributed by atoms with Crippen LogP contribution in [0.25, 0.3) is 0 Å². The van der Waals surface area contributed by atoms with E-state index in [1.54, 1.807) is 0 Å². The summed E-state index contributed by atoms with van der Waals surface area (Å²) in [6, 6.07) is 2.79. The Hall–Kier alpha value is -0.255. The van der Waals surface area contributed by atoms with Crippen molar-refractivity contribution in [2.24, 2.45) is 0 Å². The van der Waals surface area contributed by atoms with Crippen LogP contribution in [0.15, 0.2) is 16.6 Å². The fourth-order valence-corrected chi connectivity index (χ4v) is 1.49. The summed E-state index contributed by atoms with van der Waals surface area (Å²) in [5.41, 5.74) is 0. The van der Waals surface area contributed by atoms with Gasteiger partial charge in [-0.15, -0.1) is 0 Å². The summed E-state index contributed by atoms with van der Waals surface area (Å²) < 4.78 is 18.1. The minimum Gasteiger partial charge on any atom is -0.537 e. The second-order valence-corrected chi connectivity index (χ2v) is 3.30. The average molecular weight is 253 g/mol. The Kier molecular flexibility index (Phi) is 3.37. The van der Waals surface area contributed by atoms with Crippen molar-refractivity contribution in [3.8, 4) is 5.75 Å². The molecule has 1 rings (SSSR count). The zero-order chi connectivity index (χ0) is 9.14. The molecule has 0 saturated heterocycles. The summed E-state index contributed by atoms with van der Waals surface area (Å²) >= 11 is 8.59. The summed E-state index contributed by atoms with van der Waals surface area (Å²) in [4.78, 5) is 0. The molecule has 0 aliphatic rings. The zero-order valence-corrected chi connectivity index (χ0v) is 8.19. The van der Waals surface area contributed by atoms with Crippen LogP contribution in [-0.4, -0.2) is 12.7 Å². The molecule has 0 amide bonds. The molecule has 0 aliphatic heterocycles. The third-order valence-electron chi connectivity index (χ3n) is 1.18. The van der Waals surface area contributed by atoms with E-state index in [9.17, 15) is 4.39 Å². The van der Waals surface area contributed by atoms with Crippen molar-refractivity contribution in [1.82, 2.24) is 0 Å². The van der Waals surface area contributed by atoms with Gasteiger partial charge in [0.1, 0.15) is 5.75 Å². The fourth-order valence-electron chi connectivity index (χ4n) is 0.707. The second kappa shape index (κ2) is 4.12. The van der Waals surface area contributed by atoms with Crippen LogP contribution in [0, 0.1) is 5.82 Å². The van der Waals surface area contributed by atoms with Crippen LogP contribution in [0.1, 0.15) is 0 Å². The molecular weight excluding hydrogens is 249 g/mol. The first-order chi connectivity index (χ1) is 5.65. The van der Waals surface area contributed by atoms with Gasteiger partial charge in [-0.25, -0.2) is 4.39 Å². The molecule has 0 aliphatic carbocycles. The summed E-state index contributed by atoms with van der Waals surface area (Å²) in [5, 5.41) is 8.33. The molecular formula is C6H4BBrClFO2. The number of hydrogen-bond acceptors (Lipinski definition) is 2. The lowest BCUT2D eigenvalue weighted by atomic mass is 10.3. The highest BCUT2D eigenvalue weighted by Crippen LogP contribution is 2.28. The summed E-state index contributed by atoms with van der Waals surface area (Å²) in [6.07, 6.45) is 0. The van der Waals surface area contributed by atoms with Crippen molar-refractivity contribution in [3.05, 3.63) is 27.4 Å². The quantitative estimate of drug-likeness (QED) is 0.644. The number of halogens is 3. The molecule has 0 atom stereocenters. The highest BCUT2D eigenvalue weighted by atomic mass is 79.9. The van der Waals surface area contributed by atoms with Gasteiger partial charge in [0.2, 0.25) is 0 Å². The highest BCUT2D eigenvalue weighted by Gasteiger charge is 2.09. The van der Waals surface area contributed by atoms with Crippen LogP contribution in [0.3, 0.4) is 0 Å². The van der Waals surface area contributed by atoms with Gasteiger partial charge in [-0.2, -0.15) is 0 Å². The highest BCUT2D eigenvalue weighted by molar-refractivity contribution is 9.10. The topological polar surface area (TPSA) is 29.5 Å². The fraction of sp³-hybridized carbons (Fsp3) is 0. The van der Waals surface area contributed by atoms with Crippen molar-refractivity contribution in [2.75, 3.05) is 0 Å².